The van der Waals surface area contributed by atoms with E-state index in [1.54, 1.807) is 0 Å². The summed E-state index contributed by atoms with van der Waals surface area (Å²) in [5.41, 5.74) is 3.19. The first-order valence-electron chi connectivity index (χ1n) is 10.0. The van der Waals surface area contributed by atoms with Gasteiger partial charge >= 0.3 is 0 Å². The maximum absolute atomic E-state index is 13.6. The summed E-state index contributed by atoms with van der Waals surface area (Å²) in [6.45, 7) is 12.7. The Balaban J connectivity index is 2.16. The van der Waals surface area contributed by atoms with E-state index in [0.29, 0.717) is 28.1 Å². The predicted molar refractivity (Wildman–Crippen MR) is 109 cm³/mol. The van der Waals surface area contributed by atoms with Crippen molar-refractivity contribution in [2.45, 2.75) is 66.8 Å². The highest BCUT2D eigenvalue weighted by Crippen LogP contribution is 2.31. The molecule has 0 radical (unpaired) electrons. The van der Waals surface area contributed by atoms with Crippen molar-refractivity contribution in [2.24, 2.45) is 0 Å². The van der Waals surface area contributed by atoms with Crippen LogP contribution in [-0.4, -0.2) is 33.5 Å². The standard InChI is InChI=1S/C22H29N3O3/c1-7-9-10-25(13(3)8-2)22(26)18-12-19(17-11-14(4)27-16(17)6)23-21-20(18)15(5)24-28-21/h11-13H,7-10H2,1-6H3. The lowest BCUT2D eigenvalue weighted by molar-refractivity contribution is 0.0687. The van der Waals surface area contributed by atoms with Gasteiger partial charge in [-0.15, -0.1) is 0 Å². The van der Waals surface area contributed by atoms with Gasteiger partial charge in [0.05, 0.1) is 22.3 Å². The van der Waals surface area contributed by atoms with Gasteiger partial charge in [0.15, 0.2) is 0 Å². The molecule has 1 atom stereocenters. The first kappa shape index (κ1) is 20.1. The Hall–Kier alpha value is -2.63. The molecule has 0 aliphatic rings. The zero-order chi connectivity index (χ0) is 20.4. The lowest BCUT2D eigenvalue weighted by Crippen LogP contribution is -2.39. The number of carbonyl (C=O) groups excluding carboxylic acids is 1. The average molecular weight is 383 g/mol. The second-order valence-electron chi connectivity index (χ2n) is 7.44. The zero-order valence-electron chi connectivity index (χ0n) is 17.6. The monoisotopic (exact) mass is 383 g/mol. The molecule has 0 bridgehead atoms. The number of fused-ring (bicyclic) bond motifs is 1. The van der Waals surface area contributed by atoms with Crippen LogP contribution in [0.25, 0.3) is 22.4 Å². The molecule has 1 unspecified atom stereocenters. The molecule has 0 fully saturated rings. The number of rotatable bonds is 7. The molecule has 6 heteroatoms. The van der Waals surface area contributed by atoms with Crippen molar-refractivity contribution in [3.63, 3.8) is 0 Å². The SMILES string of the molecule is CCCCN(C(=O)c1cc(-c2cc(C)oc2C)nc2onc(C)c12)C(C)CC. The normalized spacial score (nSPS) is 12.5. The number of hydrogen-bond acceptors (Lipinski definition) is 5. The molecule has 3 aromatic heterocycles. The lowest BCUT2D eigenvalue weighted by atomic mass is 10.0. The number of unbranched alkanes of at least 4 members (excludes halogenated alkanes) is 1. The van der Waals surface area contributed by atoms with E-state index in [9.17, 15) is 4.79 Å². The third-order valence-corrected chi connectivity index (χ3v) is 5.30. The Labute approximate surface area is 165 Å². The first-order chi connectivity index (χ1) is 13.4. The molecule has 0 aliphatic carbocycles. The molecule has 0 aliphatic heterocycles. The van der Waals surface area contributed by atoms with Gasteiger partial charge in [-0.2, -0.15) is 0 Å². The summed E-state index contributed by atoms with van der Waals surface area (Å²) in [4.78, 5) is 20.2. The van der Waals surface area contributed by atoms with E-state index in [1.165, 1.54) is 0 Å². The van der Waals surface area contributed by atoms with Crippen LogP contribution in [0.3, 0.4) is 0 Å². The summed E-state index contributed by atoms with van der Waals surface area (Å²) in [6, 6.07) is 3.95. The molecule has 3 heterocycles. The van der Waals surface area contributed by atoms with Gasteiger partial charge in [-0.05, 0) is 52.7 Å². The quantitative estimate of drug-likeness (QED) is 0.542. The van der Waals surface area contributed by atoms with Crippen molar-refractivity contribution in [3.05, 3.63) is 34.9 Å². The van der Waals surface area contributed by atoms with Gasteiger partial charge in [0.2, 0.25) is 0 Å². The van der Waals surface area contributed by atoms with Gasteiger partial charge in [0, 0.05) is 18.2 Å². The minimum atomic E-state index is 0.000574. The van der Waals surface area contributed by atoms with Gasteiger partial charge in [0.25, 0.3) is 11.6 Å². The van der Waals surface area contributed by atoms with Crippen molar-refractivity contribution < 1.29 is 13.7 Å². The van der Waals surface area contributed by atoms with Crippen LogP contribution in [0.4, 0.5) is 0 Å². The molecular formula is C22H29N3O3. The van der Waals surface area contributed by atoms with Crippen LogP contribution in [0.1, 0.15) is 67.6 Å². The number of pyridine rings is 1. The molecule has 0 N–H and O–H groups in total. The van der Waals surface area contributed by atoms with Gasteiger partial charge in [-0.25, -0.2) is 4.98 Å². The summed E-state index contributed by atoms with van der Waals surface area (Å²) in [5, 5.41) is 4.75. The van der Waals surface area contributed by atoms with Crippen molar-refractivity contribution in [1.82, 2.24) is 15.0 Å². The minimum absolute atomic E-state index is 0.000574. The van der Waals surface area contributed by atoms with E-state index >= 15 is 0 Å². The Morgan fingerprint density at radius 1 is 1.21 bits per heavy atom. The zero-order valence-corrected chi connectivity index (χ0v) is 17.6. The largest absolute Gasteiger partial charge is 0.466 e. The third-order valence-electron chi connectivity index (χ3n) is 5.30. The molecule has 1 amide bonds. The van der Waals surface area contributed by atoms with Crippen molar-refractivity contribution in [2.75, 3.05) is 6.54 Å². The second-order valence-corrected chi connectivity index (χ2v) is 7.44. The van der Waals surface area contributed by atoms with Crippen LogP contribution in [0.15, 0.2) is 21.1 Å². The number of carbonyl (C=O) groups is 1. The minimum Gasteiger partial charge on any atom is -0.466 e. The molecule has 0 saturated carbocycles. The summed E-state index contributed by atoms with van der Waals surface area (Å²) < 4.78 is 11.1. The van der Waals surface area contributed by atoms with Crippen molar-refractivity contribution in [1.29, 1.82) is 0 Å². The van der Waals surface area contributed by atoms with Gasteiger partial charge in [0.1, 0.15) is 11.5 Å². The molecule has 3 rings (SSSR count). The van der Waals surface area contributed by atoms with E-state index in [-0.39, 0.29) is 11.9 Å². The fourth-order valence-electron chi connectivity index (χ4n) is 3.51. The Bertz CT molecular complexity index is 986. The highest BCUT2D eigenvalue weighted by molar-refractivity contribution is 6.07. The number of hydrogen-bond donors (Lipinski definition) is 0. The second kappa shape index (κ2) is 8.17. The van der Waals surface area contributed by atoms with Crippen molar-refractivity contribution in [3.8, 4) is 11.3 Å². The summed E-state index contributed by atoms with van der Waals surface area (Å²) in [7, 11) is 0. The summed E-state index contributed by atoms with van der Waals surface area (Å²) >= 11 is 0. The number of amides is 1. The fraction of sp³-hybridized carbons (Fsp3) is 0.500. The maximum atomic E-state index is 13.6. The van der Waals surface area contributed by atoms with Crippen LogP contribution >= 0.6 is 0 Å². The van der Waals surface area contributed by atoms with E-state index < -0.39 is 0 Å². The third kappa shape index (κ3) is 3.68. The Morgan fingerprint density at radius 3 is 2.57 bits per heavy atom. The molecule has 0 aromatic carbocycles. The number of aromatic nitrogens is 2. The van der Waals surface area contributed by atoms with Crippen LogP contribution < -0.4 is 0 Å². The molecule has 150 valence electrons. The highest BCUT2D eigenvalue weighted by Gasteiger charge is 2.26. The number of furan rings is 1. The molecule has 3 aromatic rings. The molecule has 0 saturated heterocycles. The van der Waals surface area contributed by atoms with Crippen LogP contribution in [-0.2, 0) is 0 Å². The molecule has 0 spiro atoms. The number of aryl methyl sites for hydroxylation is 3. The first-order valence-corrected chi connectivity index (χ1v) is 10.0. The smallest absolute Gasteiger partial charge is 0.259 e. The van der Waals surface area contributed by atoms with Gasteiger partial charge in [-0.3, -0.25) is 4.79 Å². The summed E-state index contributed by atoms with van der Waals surface area (Å²) in [5.74, 6) is 1.57. The van der Waals surface area contributed by atoms with Crippen LogP contribution in [0, 0.1) is 20.8 Å². The van der Waals surface area contributed by atoms with E-state index in [2.05, 4.69) is 30.9 Å². The molecule has 28 heavy (non-hydrogen) atoms. The van der Waals surface area contributed by atoms with Crippen LogP contribution in [0.2, 0.25) is 0 Å². The predicted octanol–water partition coefficient (Wildman–Crippen LogP) is 5.45. The van der Waals surface area contributed by atoms with Crippen LogP contribution in [0.5, 0.6) is 0 Å². The Morgan fingerprint density at radius 2 is 1.96 bits per heavy atom. The molecule has 6 nitrogen and oxygen atoms in total. The fourth-order valence-corrected chi connectivity index (χ4v) is 3.51. The molecular weight excluding hydrogens is 354 g/mol. The van der Waals surface area contributed by atoms with E-state index in [1.807, 2.05) is 37.8 Å². The average Bonchev–Trinajstić information content (AvgIpc) is 3.22. The van der Waals surface area contributed by atoms with E-state index in [4.69, 9.17) is 8.94 Å². The topological polar surface area (TPSA) is 72.4 Å². The van der Waals surface area contributed by atoms with Crippen molar-refractivity contribution >= 4 is 17.0 Å². The lowest BCUT2D eigenvalue weighted by Gasteiger charge is -2.29. The van der Waals surface area contributed by atoms with Gasteiger partial charge in [-0.1, -0.05) is 25.4 Å². The number of nitrogens with zero attached hydrogens (tertiary/aromatic N) is 3. The summed E-state index contributed by atoms with van der Waals surface area (Å²) in [6.07, 6.45) is 2.91. The Kier molecular flexibility index (Phi) is 5.87. The maximum Gasteiger partial charge on any atom is 0.259 e. The van der Waals surface area contributed by atoms with Gasteiger partial charge < -0.3 is 13.8 Å². The highest BCUT2D eigenvalue weighted by atomic mass is 16.5. The van der Waals surface area contributed by atoms with E-state index in [0.717, 1.165) is 42.9 Å².